The van der Waals surface area contributed by atoms with Gasteiger partial charge in [0.1, 0.15) is 16.9 Å². The van der Waals surface area contributed by atoms with Crippen LogP contribution in [0.3, 0.4) is 0 Å². The fraction of sp³-hybridized carbons (Fsp3) is 0.188. The second kappa shape index (κ2) is 4.78. The Morgan fingerprint density at radius 3 is 2.85 bits per heavy atom. The summed E-state index contributed by atoms with van der Waals surface area (Å²) in [6.45, 7) is 0. The Morgan fingerprint density at radius 1 is 1.20 bits per heavy atom. The molecule has 0 fully saturated rings. The minimum Gasteiger partial charge on any atom is -0.422 e. The van der Waals surface area contributed by atoms with Gasteiger partial charge in [-0.05, 0) is 23.8 Å². The Morgan fingerprint density at radius 2 is 2.05 bits per heavy atom. The van der Waals surface area contributed by atoms with Gasteiger partial charge in [-0.3, -0.25) is 9.59 Å². The predicted molar refractivity (Wildman–Crippen MR) is 72.7 cm³/mol. The first-order valence-corrected chi connectivity index (χ1v) is 6.24. The lowest BCUT2D eigenvalue weighted by Crippen LogP contribution is -2.08. The van der Waals surface area contributed by atoms with E-state index >= 15 is 0 Å². The van der Waals surface area contributed by atoms with E-state index in [1.165, 1.54) is 6.07 Å². The molecular formula is C16H10O4. The summed E-state index contributed by atoms with van der Waals surface area (Å²) >= 11 is 0. The van der Waals surface area contributed by atoms with Crippen molar-refractivity contribution in [2.45, 2.75) is 19.3 Å². The van der Waals surface area contributed by atoms with Crippen LogP contribution in [0.25, 0.3) is 11.0 Å². The molecule has 4 nitrogen and oxygen atoms in total. The Hall–Kier alpha value is -2.67. The monoisotopic (exact) mass is 266 g/mol. The van der Waals surface area contributed by atoms with Gasteiger partial charge < -0.3 is 4.42 Å². The molecule has 0 unspecified atom stereocenters. The number of carbonyl (C=O) groups excluding carboxylic acids is 2. The van der Waals surface area contributed by atoms with E-state index in [4.69, 9.17) is 4.42 Å². The number of aldehydes is 1. The molecule has 0 spiro atoms. The Bertz CT molecular complexity index is 846. The zero-order valence-corrected chi connectivity index (χ0v) is 10.6. The van der Waals surface area contributed by atoms with E-state index in [0.29, 0.717) is 42.1 Å². The van der Waals surface area contributed by atoms with Crippen molar-refractivity contribution in [3.8, 4) is 11.8 Å². The summed E-state index contributed by atoms with van der Waals surface area (Å²) in [6, 6.07) is 4.90. The molecule has 0 radical (unpaired) electrons. The van der Waals surface area contributed by atoms with E-state index in [0.717, 1.165) is 5.56 Å². The smallest absolute Gasteiger partial charge is 0.346 e. The van der Waals surface area contributed by atoms with E-state index in [1.807, 2.05) is 0 Å². The molecule has 2 aromatic rings. The van der Waals surface area contributed by atoms with Crippen molar-refractivity contribution >= 4 is 23.0 Å². The SMILES string of the molecule is O=Cc1cc2cc3c(cc2oc1=O)C#CCCC(=O)C3. The van der Waals surface area contributed by atoms with Gasteiger partial charge in [0.2, 0.25) is 0 Å². The van der Waals surface area contributed by atoms with Crippen LogP contribution in [-0.4, -0.2) is 12.1 Å². The lowest BCUT2D eigenvalue weighted by molar-refractivity contribution is -0.118. The molecule has 1 aromatic heterocycles. The largest absolute Gasteiger partial charge is 0.422 e. The third kappa shape index (κ3) is 2.14. The molecule has 0 saturated carbocycles. The van der Waals surface area contributed by atoms with E-state index < -0.39 is 5.63 Å². The summed E-state index contributed by atoms with van der Waals surface area (Å²) in [5, 5.41) is 0.626. The Kier molecular flexibility index (Phi) is 2.96. The summed E-state index contributed by atoms with van der Waals surface area (Å²) in [5.74, 6) is 6.05. The van der Waals surface area contributed by atoms with Crippen molar-refractivity contribution in [1.29, 1.82) is 0 Å². The molecule has 0 N–H and O–H groups in total. The van der Waals surface area contributed by atoms with Crippen LogP contribution < -0.4 is 5.63 Å². The van der Waals surface area contributed by atoms with Gasteiger partial charge in [-0.2, -0.15) is 0 Å². The molecule has 0 aliphatic heterocycles. The number of ketones is 1. The van der Waals surface area contributed by atoms with Gasteiger partial charge in [0.05, 0.1) is 0 Å². The molecule has 3 rings (SSSR count). The standard InChI is InChI=1S/C16H10O4/c17-9-13-6-12-5-11-7-14(18)4-2-1-3-10(11)8-15(12)20-16(13)19/h5-6,8-9H,2,4,7H2. The van der Waals surface area contributed by atoms with Gasteiger partial charge >= 0.3 is 5.63 Å². The molecular weight excluding hydrogens is 256 g/mol. The molecule has 0 amide bonds. The van der Waals surface area contributed by atoms with Crippen LogP contribution in [-0.2, 0) is 11.2 Å². The van der Waals surface area contributed by atoms with Gasteiger partial charge in [0.15, 0.2) is 6.29 Å². The van der Waals surface area contributed by atoms with Crippen LogP contribution in [0.2, 0.25) is 0 Å². The molecule has 1 aliphatic rings. The van der Waals surface area contributed by atoms with Crippen molar-refractivity contribution in [3.05, 3.63) is 45.3 Å². The zero-order valence-electron chi connectivity index (χ0n) is 10.6. The molecule has 0 atom stereocenters. The second-order valence-corrected chi connectivity index (χ2v) is 4.67. The molecule has 4 heteroatoms. The van der Waals surface area contributed by atoms with Crippen molar-refractivity contribution in [1.82, 2.24) is 0 Å². The number of Topliss-reactive ketones (excluding diaryl/α,β-unsaturated/α-hetero) is 1. The maximum Gasteiger partial charge on any atom is 0.346 e. The van der Waals surface area contributed by atoms with Crippen molar-refractivity contribution < 1.29 is 14.0 Å². The van der Waals surface area contributed by atoms with E-state index in [2.05, 4.69) is 11.8 Å². The fourth-order valence-corrected chi connectivity index (χ4v) is 2.24. The van der Waals surface area contributed by atoms with Crippen LogP contribution in [0.5, 0.6) is 0 Å². The highest BCUT2D eigenvalue weighted by Gasteiger charge is 2.13. The first kappa shape index (κ1) is 12.4. The van der Waals surface area contributed by atoms with E-state index in [1.54, 1.807) is 12.1 Å². The van der Waals surface area contributed by atoms with Gasteiger partial charge in [-0.25, -0.2) is 4.79 Å². The quantitative estimate of drug-likeness (QED) is 0.449. The topological polar surface area (TPSA) is 64.3 Å². The normalized spacial score (nSPS) is 13.9. The molecule has 1 aromatic carbocycles. The van der Waals surface area contributed by atoms with Crippen LogP contribution >= 0.6 is 0 Å². The first-order valence-electron chi connectivity index (χ1n) is 6.24. The maximum absolute atomic E-state index is 11.7. The number of carbonyl (C=O) groups is 2. The average molecular weight is 266 g/mol. The molecule has 0 bridgehead atoms. The minimum atomic E-state index is -0.665. The molecule has 1 aliphatic carbocycles. The summed E-state index contributed by atoms with van der Waals surface area (Å²) in [4.78, 5) is 34.0. The van der Waals surface area contributed by atoms with Gasteiger partial charge in [0, 0.05) is 30.2 Å². The average Bonchev–Trinajstić information content (AvgIpc) is 2.41. The highest BCUT2D eigenvalue weighted by molar-refractivity contribution is 5.88. The Balaban J connectivity index is 2.28. The Labute approximate surface area is 114 Å². The lowest BCUT2D eigenvalue weighted by Gasteiger charge is -2.08. The van der Waals surface area contributed by atoms with Gasteiger partial charge in [0.25, 0.3) is 0 Å². The predicted octanol–water partition coefficient (Wildman–Crippen LogP) is 1.86. The highest BCUT2D eigenvalue weighted by Crippen LogP contribution is 2.21. The maximum atomic E-state index is 11.7. The van der Waals surface area contributed by atoms with Gasteiger partial charge in [-0.1, -0.05) is 11.8 Å². The van der Waals surface area contributed by atoms with Crippen LogP contribution in [0.1, 0.15) is 34.3 Å². The number of hydrogen-bond donors (Lipinski definition) is 0. The molecule has 98 valence electrons. The van der Waals surface area contributed by atoms with Crippen molar-refractivity contribution in [2.24, 2.45) is 0 Å². The van der Waals surface area contributed by atoms with Crippen LogP contribution in [0, 0.1) is 11.8 Å². The summed E-state index contributed by atoms with van der Waals surface area (Å²) in [6.07, 6.45) is 1.78. The summed E-state index contributed by atoms with van der Waals surface area (Å²) in [7, 11) is 0. The molecule has 0 saturated heterocycles. The second-order valence-electron chi connectivity index (χ2n) is 4.67. The molecule has 20 heavy (non-hydrogen) atoms. The van der Waals surface area contributed by atoms with Crippen molar-refractivity contribution in [2.75, 3.05) is 0 Å². The highest BCUT2D eigenvalue weighted by atomic mass is 16.4. The minimum absolute atomic E-state index is 0.0271. The third-order valence-electron chi connectivity index (χ3n) is 3.25. The van der Waals surface area contributed by atoms with E-state index in [-0.39, 0.29) is 11.3 Å². The third-order valence-corrected chi connectivity index (χ3v) is 3.25. The number of benzene rings is 1. The lowest BCUT2D eigenvalue weighted by atomic mass is 9.96. The fourth-order valence-electron chi connectivity index (χ4n) is 2.24. The van der Waals surface area contributed by atoms with E-state index in [9.17, 15) is 14.4 Å². The van der Waals surface area contributed by atoms with Gasteiger partial charge in [-0.15, -0.1) is 0 Å². The number of rotatable bonds is 1. The zero-order chi connectivity index (χ0) is 14.1. The molecule has 1 heterocycles. The van der Waals surface area contributed by atoms with Crippen LogP contribution in [0.4, 0.5) is 0 Å². The first-order chi connectivity index (χ1) is 9.67. The summed E-state index contributed by atoms with van der Waals surface area (Å²) < 4.78 is 5.11. The van der Waals surface area contributed by atoms with Crippen molar-refractivity contribution in [3.63, 3.8) is 0 Å². The van der Waals surface area contributed by atoms with Crippen LogP contribution in [0.15, 0.2) is 27.4 Å². The number of hydrogen-bond acceptors (Lipinski definition) is 4. The number of fused-ring (bicyclic) bond motifs is 2. The summed E-state index contributed by atoms with van der Waals surface area (Å²) in [5.41, 5.74) is 1.19.